The molecule has 1 aliphatic heterocycles. The number of aromatic carboxylic acids is 1. The van der Waals surface area contributed by atoms with Crippen molar-refractivity contribution in [2.75, 3.05) is 25.0 Å². The molecule has 1 aromatic heterocycles. The summed E-state index contributed by atoms with van der Waals surface area (Å²) in [7, 11) is 1.90. The minimum Gasteiger partial charge on any atom is -0.477 e. The van der Waals surface area contributed by atoms with E-state index < -0.39 is 35.0 Å². The van der Waals surface area contributed by atoms with Crippen LogP contribution in [0, 0.1) is 24.6 Å². The number of nitrogens with one attached hydrogen (secondary N) is 1. The molecule has 2 heterocycles. The average molecular weight is 419 g/mol. The molecule has 1 saturated carbocycles. The number of alkyl halides is 1. The smallest absolute Gasteiger partial charge is 0.341 e. The molecule has 8 heteroatoms. The van der Waals surface area contributed by atoms with Gasteiger partial charge in [-0.3, -0.25) is 4.79 Å². The van der Waals surface area contributed by atoms with E-state index in [0.717, 1.165) is 6.07 Å². The summed E-state index contributed by atoms with van der Waals surface area (Å²) in [5, 5.41) is 12.7. The first-order chi connectivity index (χ1) is 14.1. The maximum Gasteiger partial charge on any atom is 0.341 e. The van der Waals surface area contributed by atoms with Crippen molar-refractivity contribution < 1.29 is 18.7 Å². The second-order valence-corrected chi connectivity index (χ2v) is 8.84. The van der Waals surface area contributed by atoms with Gasteiger partial charge in [-0.1, -0.05) is 13.8 Å². The van der Waals surface area contributed by atoms with E-state index in [1.165, 1.54) is 10.8 Å². The first-order valence-electron chi connectivity index (χ1n) is 10.3. The molecule has 1 aromatic carbocycles. The number of carboxylic acid groups (broad SMARTS) is 1. The zero-order valence-electron chi connectivity index (χ0n) is 17.6. The molecule has 0 spiro atoms. The number of benzene rings is 1. The van der Waals surface area contributed by atoms with Crippen molar-refractivity contribution in [1.29, 1.82) is 0 Å². The molecule has 1 aliphatic carbocycles. The normalized spacial score (nSPS) is 26.0. The molecule has 2 aliphatic rings. The first-order valence-corrected chi connectivity index (χ1v) is 10.3. The van der Waals surface area contributed by atoms with Crippen molar-refractivity contribution in [3.8, 4) is 0 Å². The van der Waals surface area contributed by atoms with E-state index in [0.29, 0.717) is 41.7 Å². The fourth-order valence-electron chi connectivity index (χ4n) is 4.90. The highest BCUT2D eigenvalue weighted by Gasteiger charge is 2.41. The van der Waals surface area contributed by atoms with Gasteiger partial charge in [0.2, 0.25) is 5.43 Å². The third-order valence-corrected chi connectivity index (χ3v) is 6.66. The van der Waals surface area contributed by atoms with Gasteiger partial charge in [0.05, 0.1) is 17.2 Å². The van der Waals surface area contributed by atoms with Gasteiger partial charge in [0, 0.05) is 37.1 Å². The van der Waals surface area contributed by atoms with Crippen LogP contribution in [0.1, 0.15) is 42.2 Å². The predicted molar refractivity (Wildman–Crippen MR) is 112 cm³/mol. The number of halogens is 2. The zero-order chi connectivity index (χ0) is 21.9. The molecule has 0 bridgehead atoms. The van der Waals surface area contributed by atoms with E-state index in [4.69, 9.17) is 0 Å². The molecule has 1 saturated heterocycles. The molecule has 1 unspecified atom stereocenters. The van der Waals surface area contributed by atoms with Gasteiger partial charge >= 0.3 is 5.97 Å². The summed E-state index contributed by atoms with van der Waals surface area (Å²) in [5.41, 5.74) is 0.147. The summed E-state index contributed by atoms with van der Waals surface area (Å²) in [5.74, 6) is -1.21. The largest absolute Gasteiger partial charge is 0.477 e. The van der Waals surface area contributed by atoms with Crippen LogP contribution in [0.25, 0.3) is 10.9 Å². The van der Waals surface area contributed by atoms with E-state index in [1.807, 2.05) is 11.9 Å². The molecule has 4 atom stereocenters. The highest BCUT2D eigenvalue weighted by Crippen LogP contribution is 2.43. The number of anilines is 1. The van der Waals surface area contributed by atoms with Crippen molar-refractivity contribution in [1.82, 2.24) is 9.88 Å². The Labute approximate surface area is 173 Å². The number of rotatable bonds is 5. The lowest BCUT2D eigenvalue weighted by molar-refractivity contribution is 0.0694. The van der Waals surface area contributed by atoms with Crippen LogP contribution < -0.4 is 15.6 Å². The van der Waals surface area contributed by atoms with Gasteiger partial charge in [0.1, 0.15) is 17.6 Å². The lowest BCUT2D eigenvalue weighted by Crippen LogP contribution is -2.35. The number of aryl methyl sites for hydroxylation is 1. The highest BCUT2D eigenvalue weighted by molar-refractivity contribution is 5.95. The number of nitrogens with zero attached hydrogens (tertiary/aromatic N) is 2. The Hall–Kier alpha value is -2.48. The van der Waals surface area contributed by atoms with Crippen molar-refractivity contribution in [3.63, 3.8) is 0 Å². The third kappa shape index (κ3) is 3.17. The Morgan fingerprint density at radius 1 is 1.33 bits per heavy atom. The molecule has 0 radical (unpaired) electrons. The Balaban J connectivity index is 1.93. The van der Waals surface area contributed by atoms with Crippen molar-refractivity contribution in [3.05, 3.63) is 39.4 Å². The summed E-state index contributed by atoms with van der Waals surface area (Å²) in [6, 6.07) is 0.792. The summed E-state index contributed by atoms with van der Waals surface area (Å²) >= 11 is 0. The molecule has 162 valence electrons. The van der Waals surface area contributed by atoms with Gasteiger partial charge in [-0.25, -0.2) is 13.6 Å². The molecule has 2 fully saturated rings. The number of hydrogen-bond donors (Lipinski definition) is 2. The van der Waals surface area contributed by atoms with Crippen LogP contribution in [0.4, 0.5) is 14.5 Å². The van der Waals surface area contributed by atoms with Crippen LogP contribution in [0.5, 0.6) is 0 Å². The summed E-state index contributed by atoms with van der Waals surface area (Å²) in [4.78, 5) is 26.3. The lowest BCUT2D eigenvalue weighted by atomic mass is 9.91. The van der Waals surface area contributed by atoms with Crippen LogP contribution in [-0.2, 0) is 0 Å². The van der Waals surface area contributed by atoms with Crippen LogP contribution in [-0.4, -0.2) is 48.0 Å². The SMILES string of the molecule is CN[C@@H]1CN(c2c(F)cc3c(=O)c(C(=O)O)cn(C4C[C@@H]4F)c3c2C)C[C@@H]1C(C)C. The number of aromatic nitrogens is 1. The van der Waals surface area contributed by atoms with Crippen molar-refractivity contribution in [2.45, 2.75) is 45.4 Å². The van der Waals surface area contributed by atoms with Gasteiger partial charge in [0.25, 0.3) is 0 Å². The van der Waals surface area contributed by atoms with Crippen LogP contribution in [0.2, 0.25) is 0 Å². The maximum atomic E-state index is 15.3. The first kappa shape index (κ1) is 20.8. The van der Waals surface area contributed by atoms with E-state index >= 15 is 4.39 Å². The van der Waals surface area contributed by atoms with Gasteiger partial charge < -0.3 is 19.9 Å². The van der Waals surface area contributed by atoms with Crippen LogP contribution in [0.15, 0.2) is 17.1 Å². The topological polar surface area (TPSA) is 74.6 Å². The summed E-state index contributed by atoms with van der Waals surface area (Å²) < 4.78 is 30.8. The number of carboxylic acids is 1. The Bertz CT molecular complexity index is 1080. The number of pyridine rings is 1. The quantitative estimate of drug-likeness (QED) is 0.779. The van der Waals surface area contributed by atoms with Gasteiger partial charge in [0.15, 0.2) is 0 Å². The number of fused-ring (bicyclic) bond motifs is 1. The lowest BCUT2D eigenvalue weighted by Gasteiger charge is -2.25. The Kier molecular flexibility index (Phi) is 5.08. The number of likely N-dealkylation sites (N-methyl/N-ethyl adjacent to an activating group) is 1. The third-order valence-electron chi connectivity index (χ3n) is 6.66. The van der Waals surface area contributed by atoms with Gasteiger partial charge in [-0.15, -0.1) is 0 Å². The molecule has 2 aromatic rings. The monoisotopic (exact) mass is 419 g/mol. The Morgan fingerprint density at radius 2 is 2.00 bits per heavy atom. The van der Waals surface area contributed by atoms with Gasteiger partial charge in [-0.05, 0) is 37.4 Å². The molecular weight excluding hydrogens is 392 g/mol. The predicted octanol–water partition coefficient (Wildman–Crippen LogP) is 3.11. The average Bonchev–Trinajstić information content (AvgIpc) is 3.24. The molecule has 30 heavy (non-hydrogen) atoms. The van der Waals surface area contributed by atoms with Crippen molar-refractivity contribution >= 4 is 22.6 Å². The summed E-state index contributed by atoms with van der Waals surface area (Å²) in [6.45, 7) is 7.29. The highest BCUT2D eigenvalue weighted by atomic mass is 19.1. The van der Waals surface area contributed by atoms with Crippen LogP contribution >= 0.6 is 0 Å². The standard InChI is InChI=1S/C22H27F2N3O3/c1-10(2)13-7-26(9-17(13)25-4)20-11(3)19-12(5-16(20)24)21(28)14(22(29)30)8-27(19)18-6-15(18)23/h5,8,10,13,15,17-18,25H,6-7,9H2,1-4H3,(H,29,30)/t13-,15+,17-,18?/m1/s1. The maximum absolute atomic E-state index is 15.3. The van der Waals surface area contributed by atoms with Crippen LogP contribution in [0.3, 0.4) is 0 Å². The van der Waals surface area contributed by atoms with Crippen molar-refractivity contribution in [2.24, 2.45) is 11.8 Å². The van der Waals surface area contributed by atoms with E-state index in [2.05, 4.69) is 19.2 Å². The molecule has 4 rings (SSSR count). The van der Waals surface area contributed by atoms with Gasteiger partial charge in [-0.2, -0.15) is 0 Å². The molecule has 6 nitrogen and oxygen atoms in total. The minimum atomic E-state index is -1.40. The zero-order valence-corrected chi connectivity index (χ0v) is 17.6. The van der Waals surface area contributed by atoms with E-state index in [1.54, 1.807) is 6.92 Å². The fraction of sp³-hybridized carbons (Fsp3) is 0.545. The molecule has 0 amide bonds. The summed E-state index contributed by atoms with van der Waals surface area (Å²) in [6.07, 6.45) is 0.365. The Morgan fingerprint density at radius 3 is 2.50 bits per heavy atom. The van der Waals surface area contributed by atoms with E-state index in [9.17, 15) is 19.1 Å². The molecule has 2 N–H and O–H groups in total. The minimum absolute atomic E-state index is 0.0162. The second-order valence-electron chi connectivity index (χ2n) is 8.84. The molecular formula is C22H27F2N3O3. The van der Waals surface area contributed by atoms with E-state index in [-0.39, 0.29) is 17.8 Å². The number of hydrogen-bond acceptors (Lipinski definition) is 4. The second kappa shape index (κ2) is 7.34. The number of carbonyl (C=O) groups is 1. The fourth-order valence-corrected chi connectivity index (χ4v) is 4.90.